The summed E-state index contributed by atoms with van der Waals surface area (Å²) in [6, 6.07) is 6.59. The molecule has 9 heteroatoms. The van der Waals surface area contributed by atoms with E-state index in [1.165, 1.54) is 11.0 Å². The number of anilines is 1. The zero-order valence-electron chi connectivity index (χ0n) is 16.5. The van der Waals surface area contributed by atoms with Crippen LogP contribution >= 0.6 is 0 Å². The number of ether oxygens (including phenoxy) is 1. The number of nitrogens with one attached hydrogen (secondary N) is 1. The van der Waals surface area contributed by atoms with E-state index >= 15 is 0 Å². The van der Waals surface area contributed by atoms with Crippen LogP contribution in [0.15, 0.2) is 36.5 Å². The van der Waals surface area contributed by atoms with Crippen molar-refractivity contribution in [3.05, 3.63) is 58.9 Å². The molecule has 2 saturated heterocycles. The van der Waals surface area contributed by atoms with Crippen LogP contribution in [0.2, 0.25) is 0 Å². The van der Waals surface area contributed by atoms with Crippen LogP contribution in [-0.2, 0) is 28.8 Å². The molecule has 1 aromatic heterocycles. The molecule has 0 spiro atoms. The number of carbonyl (C=O) groups excluding carboxylic acids is 2. The molecule has 0 unspecified atom stereocenters. The Hall–Kier alpha value is -2.94. The maximum Gasteiger partial charge on any atom is 0.416 e. The first-order chi connectivity index (χ1) is 14.8. The first-order valence-corrected chi connectivity index (χ1v) is 10.2. The Labute approximate surface area is 176 Å². The summed E-state index contributed by atoms with van der Waals surface area (Å²) in [6.45, 7) is 0.512. The van der Waals surface area contributed by atoms with E-state index in [9.17, 15) is 22.8 Å². The highest BCUT2D eigenvalue weighted by Crippen LogP contribution is 2.39. The second-order valence-corrected chi connectivity index (χ2v) is 8.27. The lowest BCUT2D eigenvalue weighted by atomic mass is 9.88. The first kappa shape index (κ1) is 20.0. The minimum atomic E-state index is -4.65. The zero-order valence-corrected chi connectivity index (χ0v) is 16.5. The Morgan fingerprint density at radius 1 is 1.16 bits per heavy atom. The molecule has 6 nitrogen and oxygen atoms in total. The highest BCUT2D eigenvalue weighted by Gasteiger charge is 2.44. The zero-order chi connectivity index (χ0) is 21.8. The maximum absolute atomic E-state index is 13.5. The number of rotatable bonds is 3. The van der Waals surface area contributed by atoms with E-state index in [-0.39, 0.29) is 48.4 Å². The van der Waals surface area contributed by atoms with E-state index in [4.69, 9.17) is 4.74 Å². The third kappa shape index (κ3) is 3.78. The summed E-state index contributed by atoms with van der Waals surface area (Å²) in [7, 11) is 0. The molecular weight excluding hydrogens is 411 g/mol. The van der Waals surface area contributed by atoms with Gasteiger partial charge in [0.15, 0.2) is 0 Å². The van der Waals surface area contributed by atoms with Gasteiger partial charge < -0.3 is 15.0 Å². The fraction of sp³-hybridized carbons (Fsp3) is 0.409. The van der Waals surface area contributed by atoms with E-state index in [1.54, 1.807) is 12.3 Å². The number of benzene rings is 1. The van der Waals surface area contributed by atoms with Gasteiger partial charge in [0.05, 0.1) is 35.9 Å². The van der Waals surface area contributed by atoms with Crippen molar-refractivity contribution in [1.82, 2.24) is 9.88 Å². The molecule has 3 aliphatic heterocycles. The Bertz CT molecular complexity index is 1030. The van der Waals surface area contributed by atoms with Gasteiger partial charge in [0.1, 0.15) is 0 Å². The van der Waals surface area contributed by atoms with E-state index in [0.717, 1.165) is 36.2 Å². The lowest BCUT2D eigenvalue weighted by molar-refractivity contribution is -0.137. The number of pyridine rings is 1. The van der Waals surface area contributed by atoms with Gasteiger partial charge >= 0.3 is 6.18 Å². The van der Waals surface area contributed by atoms with Crippen LogP contribution in [0, 0.1) is 5.92 Å². The predicted molar refractivity (Wildman–Crippen MR) is 104 cm³/mol. The standard InChI is InChI=1S/C22H20F3N3O3/c23-22(24,25)14-6-13(21(30)28-10-12-2-1-5-26-18(12)11-28)7-15(8-14)27-20(29)17-9-16-3-4-19(17)31-16/h1-2,5-8,16-17,19H,3-4,9-11H2,(H,27,29)/t16-,17+,19+/m0/s1. The molecule has 2 aromatic rings. The van der Waals surface area contributed by atoms with Crippen LogP contribution in [0.1, 0.15) is 46.4 Å². The van der Waals surface area contributed by atoms with Crippen molar-refractivity contribution in [2.75, 3.05) is 5.32 Å². The van der Waals surface area contributed by atoms with E-state index in [0.29, 0.717) is 6.42 Å². The summed E-state index contributed by atoms with van der Waals surface area (Å²) in [4.78, 5) is 31.3. The molecule has 0 aliphatic carbocycles. The van der Waals surface area contributed by atoms with Crippen LogP contribution < -0.4 is 5.32 Å². The topological polar surface area (TPSA) is 71.5 Å². The van der Waals surface area contributed by atoms with Gasteiger partial charge in [0.25, 0.3) is 5.91 Å². The van der Waals surface area contributed by atoms with Crippen molar-refractivity contribution >= 4 is 17.5 Å². The maximum atomic E-state index is 13.5. The number of amides is 2. The molecule has 31 heavy (non-hydrogen) atoms. The average Bonchev–Trinajstić information content (AvgIpc) is 3.47. The lowest BCUT2D eigenvalue weighted by Crippen LogP contribution is -2.31. The minimum absolute atomic E-state index is 0.0409. The average molecular weight is 431 g/mol. The number of nitrogens with zero attached hydrogens (tertiary/aromatic N) is 2. The van der Waals surface area contributed by atoms with E-state index in [2.05, 4.69) is 10.3 Å². The highest BCUT2D eigenvalue weighted by molar-refractivity contribution is 5.98. The van der Waals surface area contributed by atoms with Crippen molar-refractivity contribution in [3.63, 3.8) is 0 Å². The molecule has 5 rings (SSSR count). The largest absolute Gasteiger partial charge is 0.416 e. The number of fused-ring (bicyclic) bond motifs is 3. The summed E-state index contributed by atoms with van der Waals surface area (Å²) in [5.74, 6) is -1.29. The minimum Gasteiger partial charge on any atom is -0.374 e. The Morgan fingerprint density at radius 2 is 2.00 bits per heavy atom. The lowest BCUT2D eigenvalue weighted by Gasteiger charge is -2.20. The first-order valence-electron chi connectivity index (χ1n) is 10.2. The molecule has 1 aromatic carbocycles. The molecule has 3 aliphatic rings. The summed E-state index contributed by atoms with van der Waals surface area (Å²) >= 11 is 0. The SMILES string of the molecule is O=C(Nc1cc(C(=O)N2Cc3cccnc3C2)cc(C(F)(F)F)c1)[C@@H]1C[C@@H]2CC[C@H]1O2. The summed E-state index contributed by atoms with van der Waals surface area (Å²) in [5.41, 5.74) is 0.455. The Morgan fingerprint density at radius 3 is 2.68 bits per heavy atom. The van der Waals surface area contributed by atoms with Gasteiger partial charge in [-0.05, 0) is 49.1 Å². The third-order valence-electron chi connectivity index (χ3n) is 6.19. The summed E-state index contributed by atoms with van der Waals surface area (Å²) in [5, 5.41) is 2.58. The quantitative estimate of drug-likeness (QED) is 0.803. The Kier molecular flexibility index (Phi) is 4.73. The van der Waals surface area contributed by atoms with Gasteiger partial charge in [-0.15, -0.1) is 0 Å². The van der Waals surface area contributed by atoms with Crippen molar-refractivity contribution in [2.45, 2.75) is 50.7 Å². The van der Waals surface area contributed by atoms with Gasteiger partial charge in [0.2, 0.25) is 5.91 Å². The normalized spacial score (nSPS) is 24.4. The number of alkyl halides is 3. The second kappa shape index (κ2) is 7.33. The number of carbonyl (C=O) groups is 2. The van der Waals surface area contributed by atoms with Gasteiger partial charge in [-0.2, -0.15) is 13.2 Å². The number of hydrogen-bond donors (Lipinski definition) is 1. The molecule has 162 valence electrons. The highest BCUT2D eigenvalue weighted by atomic mass is 19.4. The predicted octanol–water partition coefficient (Wildman–Crippen LogP) is 3.76. The van der Waals surface area contributed by atoms with Crippen LogP contribution in [0.4, 0.5) is 18.9 Å². The van der Waals surface area contributed by atoms with Gasteiger partial charge in [-0.1, -0.05) is 6.07 Å². The molecule has 2 amide bonds. The molecule has 4 heterocycles. The van der Waals surface area contributed by atoms with Crippen molar-refractivity contribution < 1.29 is 27.5 Å². The Balaban J connectivity index is 1.40. The van der Waals surface area contributed by atoms with Gasteiger partial charge in [0, 0.05) is 24.0 Å². The second-order valence-electron chi connectivity index (χ2n) is 8.27. The van der Waals surface area contributed by atoms with E-state index < -0.39 is 17.6 Å². The molecular formula is C22H20F3N3O3. The number of hydrogen-bond acceptors (Lipinski definition) is 4. The number of halogens is 3. The van der Waals surface area contributed by atoms with Crippen molar-refractivity contribution in [3.8, 4) is 0 Å². The molecule has 0 saturated carbocycles. The molecule has 3 atom stereocenters. The van der Waals surface area contributed by atoms with E-state index in [1.807, 2.05) is 6.07 Å². The number of aromatic nitrogens is 1. The van der Waals surface area contributed by atoms with Crippen LogP contribution in [0.5, 0.6) is 0 Å². The van der Waals surface area contributed by atoms with Gasteiger partial charge in [-0.25, -0.2) is 0 Å². The van der Waals surface area contributed by atoms with Gasteiger partial charge in [-0.3, -0.25) is 14.6 Å². The third-order valence-corrected chi connectivity index (χ3v) is 6.19. The van der Waals surface area contributed by atoms with Crippen LogP contribution in [0.25, 0.3) is 0 Å². The monoisotopic (exact) mass is 431 g/mol. The fourth-order valence-electron chi connectivity index (χ4n) is 4.66. The van der Waals surface area contributed by atoms with Crippen LogP contribution in [0.3, 0.4) is 0 Å². The van der Waals surface area contributed by atoms with Crippen molar-refractivity contribution in [2.24, 2.45) is 5.92 Å². The molecule has 2 fully saturated rings. The van der Waals surface area contributed by atoms with Crippen LogP contribution in [-0.4, -0.2) is 33.9 Å². The van der Waals surface area contributed by atoms with Crippen molar-refractivity contribution in [1.29, 1.82) is 0 Å². The fourth-order valence-corrected chi connectivity index (χ4v) is 4.66. The molecule has 0 radical (unpaired) electrons. The smallest absolute Gasteiger partial charge is 0.374 e. The summed E-state index contributed by atoms with van der Waals surface area (Å²) in [6.07, 6.45) is -0.925. The molecule has 2 bridgehead atoms. The summed E-state index contributed by atoms with van der Waals surface area (Å²) < 4.78 is 46.2. The molecule has 1 N–H and O–H groups in total.